The number of carbonyl (C=O) groups excluding carboxylic acids is 2. The van der Waals surface area contributed by atoms with E-state index in [2.05, 4.69) is 17.4 Å². The number of hydrogen-bond donors (Lipinski definition) is 1. The molecule has 2 amide bonds. The van der Waals surface area contributed by atoms with Gasteiger partial charge in [-0.05, 0) is 54.0 Å². The van der Waals surface area contributed by atoms with E-state index in [1.54, 1.807) is 18.2 Å². The highest BCUT2D eigenvalue weighted by Crippen LogP contribution is 2.29. The Labute approximate surface area is 188 Å². The molecule has 0 saturated carbocycles. The topological polar surface area (TPSA) is 49.4 Å². The van der Waals surface area contributed by atoms with Gasteiger partial charge in [-0.3, -0.25) is 9.59 Å². The maximum atomic E-state index is 13.9. The summed E-state index contributed by atoms with van der Waals surface area (Å²) in [5.41, 5.74) is 1.58. The summed E-state index contributed by atoms with van der Waals surface area (Å²) in [6, 6.07) is 13.5. The van der Waals surface area contributed by atoms with Gasteiger partial charge in [-0.25, -0.2) is 4.39 Å². The van der Waals surface area contributed by atoms with Gasteiger partial charge in [-0.2, -0.15) is 0 Å². The molecule has 0 aliphatic carbocycles. The van der Waals surface area contributed by atoms with Crippen LogP contribution in [0.4, 0.5) is 4.39 Å². The predicted octanol–water partition coefficient (Wildman–Crippen LogP) is 4.96. The molecule has 0 radical (unpaired) electrons. The van der Waals surface area contributed by atoms with Crippen LogP contribution in [0.1, 0.15) is 50.2 Å². The highest BCUT2D eigenvalue weighted by molar-refractivity contribution is 6.30. The van der Waals surface area contributed by atoms with Crippen molar-refractivity contribution in [3.8, 4) is 0 Å². The largest absolute Gasteiger partial charge is 0.344 e. The molecule has 6 heteroatoms. The zero-order valence-electron chi connectivity index (χ0n) is 18.1. The van der Waals surface area contributed by atoms with Gasteiger partial charge >= 0.3 is 0 Å². The van der Waals surface area contributed by atoms with Crippen molar-refractivity contribution in [1.29, 1.82) is 0 Å². The number of rotatable bonds is 7. The molecule has 1 heterocycles. The summed E-state index contributed by atoms with van der Waals surface area (Å²) in [7, 11) is 0. The Morgan fingerprint density at radius 1 is 1.13 bits per heavy atom. The first-order valence-corrected chi connectivity index (χ1v) is 11.3. The number of halogens is 2. The van der Waals surface area contributed by atoms with Crippen LogP contribution in [-0.4, -0.2) is 35.8 Å². The van der Waals surface area contributed by atoms with Crippen LogP contribution in [0.15, 0.2) is 48.5 Å². The average molecular weight is 445 g/mol. The molecule has 3 rings (SSSR count). The number of nitrogens with zero attached hydrogens (tertiary/aromatic N) is 1. The van der Waals surface area contributed by atoms with E-state index in [1.807, 2.05) is 30.9 Å². The monoisotopic (exact) mass is 444 g/mol. The minimum Gasteiger partial charge on any atom is -0.344 e. The minimum atomic E-state index is -0.601. The molecule has 166 valence electrons. The second-order valence-corrected chi connectivity index (χ2v) is 8.79. The number of nitrogens with one attached hydrogen (secondary N) is 1. The minimum absolute atomic E-state index is 0.00828. The van der Waals surface area contributed by atoms with Gasteiger partial charge in [0.25, 0.3) is 0 Å². The van der Waals surface area contributed by atoms with Crippen molar-refractivity contribution in [1.82, 2.24) is 10.2 Å². The molecule has 2 aromatic rings. The summed E-state index contributed by atoms with van der Waals surface area (Å²) in [4.78, 5) is 27.7. The summed E-state index contributed by atoms with van der Waals surface area (Å²) in [5, 5.41) is 3.60. The van der Waals surface area contributed by atoms with Gasteiger partial charge in [-0.15, -0.1) is 0 Å². The van der Waals surface area contributed by atoms with Crippen LogP contribution in [0.25, 0.3) is 0 Å². The SMILES string of the molecule is CC[C@@H](C)[C@@H](NC(=O)Cc1ccccc1F)C(=O)N1CCC(c2ccc(Cl)cc2)CC1. The van der Waals surface area contributed by atoms with Crippen LogP contribution >= 0.6 is 11.6 Å². The highest BCUT2D eigenvalue weighted by Gasteiger charge is 2.32. The molecule has 1 fully saturated rings. The molecule has 2 aromatic carbocycles. The van der Waals surface area contributed by atoms with E-state index in [-0.39, 0.29) is 24.2 Å². The van der Waals surface area contributed by atoms with Crippen molar-refractivity contribution in [2.75, 3.05) is 13.1 Å². The smallest absolute Gasteiger partial charge is 0.245 e. The predicted molar refractivity (Wildman–Crippen MR) is 121 cm³/mol. The molecule has 2 atom stereocenters. The fraction of sp³-hybridized carbons (Fsp3) is 0.440. The molecule has 1 N–H and O–H groups in total. The lowest BCUT2D eigenvalue weighted by Crippen LogP contribution is -2.53. The first-order chi connectivity index (χ1) is 14.9. The molecule has 0 aromatic heterocycles. The van der Waals surface area contributed by atoms with Crippen molar-refractivity contribution in [2.24, 2.45) is 5.92 Å². The van der Waals surface area contributed by atoms with E-state index in [4.69, 9.17) is 11.6 Å². The molecule has 0 unspecified atom stereocenters. The lowest BCUT2D eigenvalue weighted by Gasteiger charge is -2.36. The molecule has 31 heavy (non-hydrogen) atoms. The van der Waals surface area contributed by atoms with Gasteiger partial charge in [-0.1, -0.05) is 62.2 Å². The molecule has 1 saturated heterocycles. The summed E-state index contributed by atoms with van der Waals surface area (Å²) in [5.74, 6) is -0.399. The van der Waals surface area contributed by atoms with Crippen LogP contribution in [0.2, 0.25) is 5.02 Å². The highest BCUT2D eigenvalue weighted by atomic mass is 35.5. The molecule has 1 aliphatic heterocycles. The van der Waals surface area contributed by atoms with Crippen molar-refractivity contribution in [3.05, 3.63) is 70.5 Å². The van der Waals surface area contributed by atoms with E-state index in [0.29, 0.717) is 24.6 Å². The van der Waals surface area contributed by atoms with Gasteiger partial charge < -0.3 is 10.2 Å². The fourth-order valence-electron chi connectivity index (χ4n) is 4.09. The van der Waals surface area contributed by atoms with Gasteiger partial charge in [0.15, 0.2) is 0 Å². The average Bonchev–Trinajstić information content (AvgIpc) is 2.79. The maximum Gasteiger partial charge on any atom is 0.245 e. The van der Waals surface area contributed by atoms with Gasteiger partial charge in [0.2, 0.25) is 11.8 Å². The van der Waals surface area contributed by atoms with Crippen molar-refractivity contribution < 1.29 is 14.0 Å². The fourth-order valence-corrected chi connectivity index (χ4v) is 4.21. The Bertz CT molecular complexity index is 895. The van der Waals surface area contributed by atoms with E-state index in [0.717, 1.165) is 24.3 Å². The summed E-state index contributed by atoms with van der Waals surface area (Å²) in [6.07, 6.45) is 2.44. The quantitative estimate of drug-likeness (QED) is 0.656. The Morgan fingerprint density at radius 3 is 2.39 bits per heavy atom. The van der Waals surface area contributed by atoms with Gasteiger partial charge in [0.05, 0.1) is 6.42 Å². The number of carbonyl (C=O) groups is 2. The van der Waals surface area contributed by atoms with Crippen LogP contribution in [-0.2, 0) is 16.0 Å². The zero-order valence-corrected chi connectivity index (χ0v) is 18.9. The molecule has 1 aliphatic rings. The Kier molecular flexibility index (Phi) is 8.08. The molecule has 0 spiro atoms. The normalized spacial score (nSPS) is 16.6. The third kappa shape index (κ3) is 6.07. The zero-order chi connectivity index (χ0) is 22.4. The lowest BCUT2D eigenvalue weighted by molar-refractivity contribution is -0.138. The van der Waals surface area contributed by atoms with Gasteiger partial charge in [0, 0.05) is 18.1 Å². The van der Waals surface area contributed by atoms with Crippen LogP contribution in [0, 0.1) is 11.7 Å². The van der Waals surface area contributed by atoms with Gasteiger partial charge in [0.1, 0.15) is 11.9 Å². The summed E-state index contributed by atoms with van der Waals surface area (Å²) in [6.45, 7) is 5.28. The second-order valence-electron chi connectivity index (χ2n) is 8.35. The standard InChI is InChI=1S/C25H30ClFN2O2/c1-3-17(2)24(28-23(30)16-20-6-4-5-7-22(20)27)25(31)29-14-12-19(13-15-29)18-8-10-21(26)11-9-18/h4-11,17,19,24H,3,12-16H2,1-2H3,(H,28,30)/t17-,24-/m1/s1. The van der Waals surface area contributed by atoms with E-state index in [1.165, 1.54) is 11.6 Å². The van der Waals surface area contributed by atoms with Crippen LogP contribution < -0.4 is 5.32 Å². The third-order valence-corrected chi connectivity index (χ3v) is 6.50. The third-order valence-electron chi connectivity index (χ3n) is 6.25. The summed E-state index contributed by atoms with van der Waals surface area (Å²) < 4.78 is 13.9. The van der Waals surface area contributed by atoms with Crippen molar-refractivity contribution in [3.63, 3.8) is 0 Å². The van der Waals surface area contributed by atoms with Crippen molar-refractivity contribution in [2.45, 2.75) is 51.5 Å². The number of benzene rings is 2. The molecular weight excluding hydrogens is 415 g/mol. The maximum absolute atomic E-state index is 13.9. The van der Waals surface area contributed by atoms with Crippen LogP contribution in [0.3, 0.4) is 0 Å². The van der Waals surface area contributed by atoms with E-state index < -0.39 is 11.9 Å². The molecular formula is C25H30ClFN2O2. The number of likely N-dealkylation sites (tertiary alicyclic amines) is 1. The van der Waals surface area contributed by atoms with Crippen molar-refractivity contribution >= 4 is 23.4 Å². The van der Waals surface area contributed by atoms with Crippen LogP contribution in [0.5, 0.6) is 0 Å². The van der Waals surface area contributed by atoms with E-state index >= 15 is 0 Å². The Balaban J connectivity index is 1.61. The number of amides is 2. The Morgan fingerprint density at radius 2 is 1.77 bits per heavy atom. The number of piperidine rings is 1. The number of hydrogen-bond acceptors (Lipinski definition) is 2. The molecule has 0 bridgehead atoms. The van der Waals surface area contributed by atoms with E-state index in [9.17, 15) is 14.0 Å². The molecule has 4 nitrogen and oxygen atoms in total. The summed E-state index contributed by atoms with van der Waals surface area (Å²) >= 11 is 5.99. The first kappa shape index (κ1) is 23.3. The lowest BCUT2D eigenvalue weighted by atomic mass is 9.88. The first-order valence-electron chi connectivity index (χ1n) is 11.0. The second kappa shape index (κ2) is 10.8. The Hall–Kier alpha value is -2.40.